The molecule has 0 unspecified atom stereocenters. The molecule has 60 heavy (non-hydrogen) atoms. The maximum atomic E-state index is 14.6. The third kappa shape index (κ3) is 9.14. The van der Waals surface area contributed by atoms with Crippen molar-refractivity contribution < 1.29 is 187 Å². The lowest BCUT2D eigenvalue weighted by molar-refractivity contribution is -0.600. The van der Waals surface area contributed by atoms with Crippen LogP contribution in [-0.4, -0.2) is 114 Å². The highest BCUT2D eigenvalue weighted by Gasteiger charge is 2.91. The zero-order valence-corrected chi connectivity index (χ0v) is 25.1. The zero-order valence-electron chi connectivity index (χ0n) is 25.1. The van der Waals surface area contributed by atoms with Gasteiger partial charge in [-0.15, -0.1) is 0 Å². The second-order valence-corrected chi connectivity index (χ2v) is 9.94. The maximum Gasteiger partial charge on any atom is 0.462 e. The quantitative estimate of drug-likeness (QED) is 0.154. The Bertz CT molecular complexity index is 1540. The van der Waals surface area contributed by atoms with Gasteiger partial charge in [0.05, 0.1) is 0 Å². The molecule has 1 N–H and O–H groups in total. The van der Waals surface area contributed by atoms with E-state index in [-0.39, 0.29) is 0 Å². The third-order valence-corrected chi connectivity index (χ3v) is 5.66. The summed E-state index contributed by atoms with van der Waals surface area (Å²) in [7, 11) is 0. The average molecular weight is 994 g/mol. The Morgan fingerprint density at radius 2 is 0.450 bits per heavy atom. The molecule has 360 valence electrons. The first-order valence-electron chi connectivity index (χ1n) is 12.1. The predicted molar refractivity (Wildman–Crippen MR) is 98.3 cm³/mol. The topological polar surface area (TPSA) is 83.5 Å². The Balaban J connectivity index is 8.02. The van der Waals surface area contributed by atoms with E-state index in [2.05, 4.69) is 0 Å². The fourth-order valence-corrected chi connectivity index (χ4v) is 2.73. The number of ether oxygens (including phenoxy) is 5. The third-order valence-electron chi connectivity index (χ3n) is 5.66. The molecule has 0 amide bonds. The Morgan fingerprint density at radius 1 is 0.267 bits per heavy atom. The molecule has 0 rings (SSSR count). The number of hydrogen-bond donors (Lipinski definition) is 1. The van der Waals surface area contributed by atoms with Gasteiger partial charge in [-0.2, -0.15) is 154 Å². The number of aliphatic carboxylic acids is 1. The van der Waals surface area contributed by atoms with E-state index in [1.165, 1.54) is 4.74 Å². The molecule has 5 atom stereocenters. The van der Waals surface area contributed by atoms with E-state index >= 15 is 0 Å². The zero-order chi connectivity index (χ0) is 49.6. The highest BCUT2D eigenvalue weighted by atomic mass is 19.5. The van der Waals surface area contributed by atoms with Gasteiger partial charge in [0.2, 0.25) is 0 Å². The molecule has 0 fully saturated rings. The van der Waals surface area contributed by atoms with Gasteiger partial charge in [-0.3, -0.25) is 23.7 Å². The molecule has 0 aliphatic rings. The minimum Gasteiger partial charge on any atom is -0.477 e. The van der Waals surface area contributed by atoms with Crippen LogP contribution in [0.15, 0.2) is 0 Å². The van der Waals surface area contributed by atoms with Crippen LogP contribution in [0.3, 0.4) is 0 Å². The Morgan fingerprint density at radius 3 is 0.600 bits per heavy atom. The van der Waals surface area contributed by atoms with Crippen molar-refractivity contribution in [1.29, 1.82) is 0 Å². The van der Waals surface area contributed by atoms with Crippen LogP contribution in [0.4, 0.5) is 154 Å². The second-order valence-electron chi connectivity index (χ2n) is 9.94. The summed E-state index contributed by atoms with van der Waals surface area (Å²) in [6, 6.07) is 0. The minimum absolute atomic E-state index is 0.672. The van der Waals surface area contributed by atoms with Gasteiger partial charge in [0, 0.05) is 0 Å². The lowest BCUT2D eigenvalue weighted by Crippen LogP contribution is -2.73. The second kappa shape index (κ2) is 14.7. The molecule has 0 saturated carbocycles. The van der Waals surface area contributed by atoms with Crippen molar-refractivity contribution in [2.45, 2.75) is 103 Å². The molecular formula is C18HF35O7. The number of carboxylic acid groups (broad SMARTS) is 1. The Hall–Kier alpha value is -3.18. The summed E-state index contributed by atoms with van der Waals surface area (Å²) < 4.78 is 472. The fourth-order valence-electron chi connectivity index (χ4n) is 2.73. The summed E-state index contributed by atoms with van der Waals surface area (Å²) in [6.45, 7) is 0. The van der Waals surface area contributed by atoms with Crippen molar-refractivity contribution >= 4 is 5.97 Å². The van der Waals surface area contributed by atoms with Crippen molar-refractivity contribution in [1.82, 2.24) is 0 Å². The molecule has 42 heteroatoms. The fraction of sp³-hybridized carbons (Fsp3) is 0.944. The van der Waals surface area contributed by atoms with Crippen LogP contribution in [0.5, 0.6) is 0 Å². The summed E-state index contributed by atoms with van der Waals surface area (Å²) in [4.78, 5) is 10.3. The van der Waals surface area contributed by atoms with Gasteiger partial charge in [0.15, 0.2) is 0 Å². The molecule has 0 heterocycles. The lowest BCUT2D eigenvalue weighted by Gasteiger charge is -2.44. The Kier molecular flexibility index (Phi) is 13.9. The highest BCUT2D eigenvalue weighted by Crippen LogP contribution is 2.62. The van der Waals surface area contributed by atoms with Crippen molar-refractivity contribution in [3.05, 3.63) is 0 Å². The van der Waals surface area contributed by atoms with E-state index in [1.807, 2.05) is 0 Å². The summed E-state index contributed by atoms with van der Waals surface area (Å²) in [5.41, 5.74) is 0. The van der Waals surface area contributed by atoms with Crippen LogP contribution in [0, 0.1) is 0 Å². The smallest absolute Gasteiger partial charge is 0.462 e. The van der Waals surface area contributed by atoms with Crippen LogP contribution in [-0.2, 0) is 28.5 Å². The van der Waals surface area contributed by atoms with Crippen LogP contribution in [0.1, 0.15) is 0 Å². The molecule has 0 spiro atoms. The average Bonchev–Trinajstić information content (AvgIpc) is 2.91. The number of carbonyl (C=O) groups is 1. The summed E-state index contributed by atoms with van der Waals surface area (Å²) in [6.07, 6.45) is -98.3. The molecule has 0 aromatic carbocycles. The van der Waals surface area contributed by atoms with Gasteiger partial charge in [0.25, 0.3) is 0 Å². The summed E-state index contributed by atoms with van der Waals surface area (Å²) in [5.74, 6) is -58.6. The van der Waals surface area contributed by atoms with Crippen molar-refractivity contribution in [3.63, 3.8) is 0 Å². The van der Waals surface area contributed by atoms with E-state index in [1.54, 1.807) is 0 Å². The summed E-state index contributed by atoms with van der Waals surface area (Å²) >= 11 is 0. The number of hydrogen-bond acceptors (Lipinski definition) is 6. The largest absolute Gasteiger partial charge is 0.477 e. The van der Waals surface area contributed by atoms with Gasteiger partial charge < -0.3 is 5.11 Å². The van der Waals surface area contributed by atoms with Crippen molar-refractivity contribution in [2.75, 3.05) is 0 Å². The molecule has 0 aliphatic carbocycles. The van der Waals surface area contributed by atoms with E-state index in [0.29, 0.717) is 9.47 Å². The van der Waals surface area contributed by atoms with Gasteiger partial charge in [0.1, 0.15) is 0 Å². The first-order valence-corrected chi connectivity index (χ1v) is 12.1. The monoisotopic (exact) mass is 994 g/mol. The SMILES string of the molecule is O=C(O)[C@](F)(OC(F)(F)[C@](F)(OC(F)(F)[C@](F)(OC(F)(F)[C@](F)(OC(F)(F)[C@@](F)(OC(F)(F)C(F)(F)C(F)(F)F)C(F)(F)F)C(F)(F)F)C(F)(F)F)C(F)(F)F)C(F)(F)F. The van der Waals surface area contributed by atoms with E-state index in [9.17, 15) is 158 Å². The van der Waals surface area contributed by atoms with E-state index in [4.69, 9.17) is 5.11 Å². The highest BCUT2D eigenvalue weighted by molar-refractivity contribution is 5.76. The molecule has 0 aliphatic heterocycles. The molecule has 0 aromatic heterocycles. The molecule has 0 bridgehead atoms. The van der Waals surface area contributed by atoms with Gasteiger partial charge >= 0.3 is 109 Å². The molecule has 0 saturated heterocycles. The van der Waals surface area contributed by atoms with Crippen LogP contribution >= 0.6 is 0 Å². The predicted octanol–water partition coefficient (Wildman–Crippen LogP) is 10.5. The van der Waals surface area contributed by atoms with E-state index < -0.39 is 109 Å². The van der Waals surface area contributed by atoms with Crippen LogP contribution in [0.2, 0.25) is 0 Å². The van der Waals surface area contributed by atoms with Crippen molar-refractivity contribution in [3.8, 4) is 0 Å². The van der Waals surface area contributed by atoms with Crippen LogP contribution < -0.4 is 0 Å². The number of rotatable bonds is 16. The number of halogens is 35. The van der Waals surface area contributed by atoms with Gasteiger partial charge in [-0.05, 0) is 0 Å². The molecule has 7 nitrogen and oxygen atoms in total. The van der Waals surface area contributed by atoms with Gasteiger partial charge in [-0.25, -0.2) is 4.79 Å². The molecule has 0 aromatic rings. The normalized spacial score (nSPS) is 20.7. The standard InChI is InChI=1S/C18HF35O7/c19-2(1(54)55,8(26,27)28)56-15(46,47)4(22,10(32,33)34)58-17(50,51)6(24,12(38,39)40)60-18(52,53)7(25,13(41,42)43)59-16(48,49)5(23,11(35,36)37)57-14(44,45)3(20,21)9(29,30)31/h(H,54,55)/t2-,4+,5-,6+,7+/m0/s1. The minimum atomic E-state index is -9.62. The summed E-state index contributed by atoms with van der Waals surface area (Å²) in [5, 5.41) is 7.98. The number of carboxylic acids is 1. The Labute approximate surface area is 297 Å². The first-order chi connectivity index (χ1) is 25.2. The molecule has 0 radical (unpaired) electrons. The maximum absolute atomic E-state index is 14.6. The molecular weight excluding hydrogens is 993 g/mol. The van der Waals surface area contributed by atoms with E-state index in [0.717, 1.165) is 9.47 Å². The van der Waals surface area contributed by atoms with Crippen molar-refractivity contribution in [2.24, 2.45) is 0 Å². The number of alkyl halides is 35. The van der Waals surface area contributed by atoms with Gasteiger partial charge in [-0.1, -0.05) is 0 Å². The van der Waals surface area contributed by atoms with Crippen LogP contribution in [0.25, 0.3) is 0 Å². The lowest BCUT2D eigenvalue weighted by atomic mass is 10.2. The first kappa shape index (κ1) is 56.8.